The molecule has 0 spiro atoms. The lowest BCUT2D eigenvalue weighted by molar-refractivity contribution is -0.138. The summed E-state index contributed by atoms with van der Waals surface area (Å²) in [5, 5.41) is 8.95. The summed E-state index contributed by atoms with van der Waals surface area (Å²) in [5.74, 6) is -0.967. The predicted octanol–water partition coefficient (Wildman–Crippen LogP) is 1.90. The highest BCUT2D eigenvalue weighted by molar-refractivity contribution is 5.76. The van der Waals surface area contributed by atoms with Crippen molar-refractivity contribution in [3.63, 3.8) is 0 Å². The molecule has 0 amide bonds. The molecule has 3 N–H and O–H groups in total. The van der Waals surface area contributed by atoms with Crippen LogP contribution in [-0.2, 0) is 17.6 Å². The average molecular weight is 207 g/mol. The van der Waals surface area contributed by atoms with Crippen LogP contribution in [0.3, 0.4) is 0 Å². The van der Waals surface area contributed by atoms with E-state index in [1.165, 1.54) is 0 Å². The van der Waals surface area contributed by atoms with Gasteiger partial charge >= 0.3 is 5.97 Å². The zero-order valence-corrected chi connectivity index (χ0v) is 9.16. The van der Waals surface area contributed by atoms with E-state index in [2.05, 4.69) is 0 Å². The number of hydrogen-bond acceptors (Lipinski definition) is 2. The number of aryl methyl sites for hydroxylation is 2. The monoisotopic (exact) mass is 207 g/mol. The van der Waals surface area contributed by atoms with Gasteiger partial charge in [0.15, 0.2) is 0 Å². The van der Waals surface area contributed by atoms with Gasteiger partial charge in [-0.2, -0.15) is 0 Å². The summed E-state index contributed by atoms with van der Waals surface area (Å²) in [6.07, 6.45) is 1.62. The van der Waals surface area contributed by atoms with Crippen molar-refractivity contribution in [2.45, 2.75) is 32.7 Å². The van der Waals surface area contributed by atoms with Crippen LogP contribution in [0.25, 0.3) is 0 Å². The molecule has 0 heterocycles. The first-order valence-corrected chi connectivity index (χ1v) is 5.20. The van der Waals surface area contributed by atoms with Gasteiger partial charge in [0.1, 0.15) is 6.04 Å². The van der Waals surface area contributed by atoms with E-state index >= 15 is 0 Å². The fraction of sp³-hybridized carbons (Fsp3) is 0.417. The van der Waals surface area contributed by atoms with Gasteiger partial charge in [0.25, 0.3) is 0 Å². The Morgan fingerprint density at radius 1 is 1.33 bits per heavy atom. The van der Waals surface area contributed by atoms with E-state index in [-0.39, 0.29) is 0 Å². The molecule has 3 heteroatoms. The second-order valence-corrected chi connectivity index (χ2v) is 3.51. The Morgan fingerprint density at radius 3 is 2.13 bits per heavy atom. The van der Waals surface area contributed by atoms with Gasteiger partial charge in [0, 0.05) is 0 Å². The first kappa shape index (κ1) is 11.7. The lowest BCUT2D eigenvalue weighted by Gasteiger charge is -2.16. The van der Waals surface area contributed by atoms with Crippen LogP contribution in [0.5, 0.6) is 0 Å². The first-order valence-electron chi connectivity index (χ1n) is 5.20. The number of benzene rings is 1. The van der Waals surface area contributed by atoms with Gasteiger partial charge in [-0.05, 0) is 29.5 Å². The van der Waals surface area contributed by atoms with Crippen LogP contribution in [0.2, 0.25) is 0 Å². The predicted molar refractivity (Wildman–Crippen MR) is 59.8 cm³/mol. The maximum absolute atomic E-state index is 10.9. The van der Waals surface area contributed by atoms with Crippen LogP contribution in [0.4, 0.5) is 0 Å². The van der Waals surface area contributed by atoms with Crippen LogP contribution < -0.4 is 5.73 Å². The third kappa shape index (κ3) is 2.36. The Labute approximate surface area is 89.9 Å². The van der Waals surface area contributed by atoms with Crippen molar-refractivity contribution in [1.82, 2.24) is 0 Å². The smallest absolute Gasteiger partial charge is 0.325 e. The lowest BCUT2D eigenvalue weighted by atomic mass is 9.92. The zero-order chi connectivity index (χ0) is 11.4. The van der Waals surface area contributed by atoms with Crippen molar-refractivity contribution in [2.24, 2.45) is 5.73 Å². The molecule has 1 rings (SSSR count). The molecule has 0 aromatic heterocycles. The van der Waals surface area contributed by atoms with Crippen LogP contribution in [-0.4, -0.2) is 11.1 Å². The summed E-state index contributed by atoms with van der Waals surface area (Å²) in [6.45, 7) is 4.01. The topological polar surface area (TPSA) is 63.3 Å². The second kappa shape index (κ2) is 4.94. The van der Waals surface area contributed by atoms with Crippen molar-refractivity contribution in [3.05, 3.63) is 34.9 Å². The minimum atomic E-state index is -0.967. The third-order valence-corrected chi connectivity index (χ3v) is 2.63. The zero-order valence-electron chi connectivity index (χ0n) is 9.16. The number of carboxylic acid groups (broad SMARTS) is 1. The van der Waals surface area contributed by atoms with E-state index in [4.69, 9.17) is 10.8 Å². The minimum absolute atomic E-state index is 0.787. The average Bonchev–Trinajstić information content (AvgIpc) is 2.26. The maximum atomic E-state index is 10.9. The summed E-state index contributed by atoms with van der Waals surface area (Å²) < 4.78 is 0. The molecule has 0 saturated carbocycles. The first-order chi connectivity index (χ1) is 7.11. The molecule has 0 bridgehead atoms. The summed E-state index contributed by atoms with van der Waals surface area (Å²) in [7, 11) is 0. The van der Waals surface area contributed by atoms with Gasteiger partial charge in [-0.1, -0.05) is 32.0 Å². The number of hydrogen-bond donors (Lipinski definition) is 2. The molecule has 3 nitrogen and oxygen atoms in total. The molecular weight excluding hydrogens is 190 g/mol. The highest BCUT2D eigenvalue weighted by Gasteiger charge is 2.19. The van der Waals surface area contributed by atoms with E-state index in [0.717, 1.165) is 29.5 Å². The van der Waals surface area contributed by atoms with Gasteiger partial charge in [-0.15, -0.1) is 0 Å². The van der Waals surface area contributed by atoms with Gasteiger partial charge < -0.3 is 10.8 Å². The summed E-state index contributed by atoms with van der Waals surface area (Å²) in [5.41, 5.74) is 8.54. The highest BCUT2D eigenvalue weighted by Crippen LogP contribution is 2.22. The Balaban J connectivity index is 3.27. The lowest BCUT2D eigenvalue weighted by Crippen LogP contribution is -2.23. The van der Waals surface area contributed by atoms with Crippen molar-refractivity contribution in [2.75, 3.05) is 0 Å². The van der Waals surface area contributed by atoms with E-state index < -0.39 is 12.0 Å². The molecule has 82 valence electrons. The van der Waals surface area contributed by atoms with E-state index in [9.17, 15) is 4.79 Å². The molecule has 15 heavy (non-hydrogen) atoms. The van der Waals surface area contributed by atoms with E-state index in [1.54, 1.807) is 0 Å². The molecule has 0 aliphatic carbocycles. The van der Waals surface area contributed by atoms with Gasteiger partial charge in [-0.3, -0.25) is 4.79 Å². The molecule has 1 aromatic carbocycles. The van der Waals surface area contributed by atoms with Crippen LogP contribution in [0.15, 0.2) is 18.2 Å². The number of rotatable bonds is 4. The summed E-state index contributed by atoms with van der Waals surface area (Å²) in [6, 6.07) is 4.93. The number of nitrogens with two attached hydrogens (primary N) is 1. The van der Waals surface area contributed by atoms with Gasteiger partial charge in [-0.25, -0.2) is 0 Å². The normalized spacial score (nSPS) is 12.5. The number of carbonyl (C=O) groups is 1. The maximum Gasteiger partial charge on any atom is 0.325 e. The molecule has 1 unspecified atom stereocenters. The fourth-order valence-electron chi connectivity index (χ4n) is 1.81. The van der Waals surface area contributed by atoms with Crippen LogP contribution >= 0.6 is 0 Å². The summed E-state index contributed by atoms with van der Waals surface area (Å²) in [4.78, 5) is 10.9. The molecule has 1 atom stereocenters. The fourth-order valence-corrected chi connectivity index (χ4v) is 1.81. The number of aliphatic carboxylic acids is 1. The second-order valence-electron chi connectivity index (χ2n) is 3.51. The summed E-state index contributed by atoms with van der Waals surface area (Å²) >= 11 is 0. The quantitative estimate of drug-likeness (QED) is 0.792. The molecule has 1 aromatic rings. The van der Waals surface area contributed by atoms with Crippen LogP contribution in [0.1, 0.15) is 36.6 Å². The Bertz CT molecular complexity index is 338. The molecule has 0 fully saturated rings. The van der Waals surface area contributed by atoms with Crippen molar-refractivity contribution < 1.29 is 9.90 Å². The SMILES string of the molecule is CCc1cccc(CC)c1C(N)C(=O)O. The molecule has 0 saturated heterocycles. The molecule has 0 aliphatic heterocycles. The molecule has 0 aliphatic rings. The van der Waals surface area contributed by atoms with Crippen LogP contribution in [0, 0.1) is 0 Å². The third-order valence-electron chi connectivity index (χ3n) is 2.63. The minimum Gasteiger partial charge on any atom is -0.480 e. The Morgan fingerprint density at radius 2 is 1.80 bits per heavy atom. The van der Waals surface area contributed by atoms with Crippen molar-refractivity contribution in [1.29, 1.82) is 0 Å². The molecular formula is C12H17NO2. The van der Waals surface area contributed by atoms with E-state index in [1.807, 2.05) is 32.0 Å². The standard InChI is InChI=1S/C12H17NO2/c1-3-8-6-5-7-9(4-2)10(8)11(13)12(14)15/h5-7,11H,3-4,13H2,1-2H3,(H,14,15). The number of carboxylic acids is 1. The Hall–Kier alpha value is -1.35. The van der Waals surface area contributed by atoms with Crippen molar-refractivity contribution >= 4 is 5.97 Å². The molecule has 0 radical (unpaired) electrons. The van der Waals surface area contributed by atoms with E-state index in [0.29, 0.717) is 0 Å². The largest absolute Gasteiger partial charge is 0.480 e. The highest BCUT2D eigenvalue weighted by atomic mass is 16.4. The van der Waals surface area contributed by atoms with Gasteiger partial charge in [0.2, 0.25) is 0 Å². The van der Waals surface area contributed by atoms with Crippen molar-refractivity contribution in [3.8, 4) is 0 Å². The van der Waals surface area contributed by atoms with Gasteiger partial charge in [0.05, 0.1) is 0 Å². The Kier molecular flexibility index (Phi) is 3.86.